The summed E-state index contributed by atoms with van der Waals surface area (Å²) in [5, 5.41) is 7.48. The predicted octanol–water partition coefficient (Wildman–Crippen LogP) is 9.33. The molecular weight excluding hydrogens is 1330 g/mol. The highest BCUT2D eigenvalue weighted by Crippen LogP contribution is 2.37. The molecular formula is C67H78F6N10O13S2. The number of sulfonamides is 2. The van der Waals surface area contributed by atoms with Gasteiger partial charge < -0.3 is 44.4 Å². The molecule has 10 rings (SSSR count). The normalized spacial score (nSPS) is 19.0. The highest BCUT2D eigenvalue weighted by molar-refractivity contribution is 7.92. The maximum absolute atomic E-state index is 13.3. The number of amidine groups is 2. The first-order valence-electron chi connectivity index (χ1n) is 31.8. The van der Waals surface area contributed by atoms with E-state index >= 15 is 0 Å². The predicted molar refractivity (Wildman–Crippen MR) is 353 cm³/mol. The van der Waals surface area contributed by atoms with Crippen molar-refractivity contribution in [3.63, 3.8) is 0 Å². The lowest BCUT2D eigenvalue weighted by Crippen LogP contribution is -2.50. The molecule has 4 fully saturated rings. The Labute approximate surface area is 564 Å². The van der Waals surface area contributed by atoms with E-state index in [-0.39, 0.29) is 111 Å². The number of halogens is 6. The molecule has 4 aromatic carbocycles. The molecule has 31 heteroatoms. The van der Waals surface area contributed by atoms with Crippen LogP contribution in [0.3, 0.4) is 0 Å². The first-order valence-corrected chi connectivity index (χ1v) is 34.8. The van der Waals surface area contributed by atoms with Crippen LogP contribution in [0.25, 0.3) is 12.2 Å². The number of alkyl halides is 6. The zero-order valence-electron chi connectivity index (χ0n) is 55.3. The summed E-state index contributed by atoms with van der Waals surface area (Å²) >= 11 is 0. The fourth-order valence-electron chi connectivity index (χ4n) is 12.7. The molecule has 2 spiro atoms. The number of rotatable bonds is 14. The number of amides is 6. The molecule has 4 saturated heterocycles. The summed E-state index contributed by atoms with van der Waals surface area (Å²) in [5.41, 5.74) is 1.58. The lowest BCUT2D eigenvalue weighted by atomic mass is 9.89. The molecule has 0 unspecified atom stereocenters. The Morgan fingerprint density at radius 3 is 1.24 bits per heavy atom. The van der Waals surface area contributed by atoms with Crippen molar-refractivity contribution in [1.29, 1.82) is 0 Å². The van der Waals surface area contributed by atoms with Gasteiger partial charge in [-0.1, -0.05) is 36.4 Å². The van der Waals surface area contributed by atoms with Crippen LogP contribution in [-0.4, -0.2) is 176 Å². The Hall–Kier alpha value is -8.68. The molecule has 6 aliphatic heterocycles. The number of nitrogens with zero attached hydrogens (tertiary/aromatic N) is 8. The summed E-state index contributed by atoms with van der Waals surface area (Å²) in [6, 6.07) is 20.8. The zero-order chi connectivity index (χ0) is 71.5. The highest BCUT2D eigenvalue weighted by Gasteiger charge is 2.49. The Morgan fingerprint density at radius 2 is 0.918 bits per heavy atom. The highest BCUT2D eigenvalue weighted by atomic mass is 32.2. The van der Waals surface area contributed by atoms with E-state index in [1.165, 1.54) is 65.8 Å². The summed E-state index contributed by atoms with van der Waals surface area (Å²) < 4.78 is 145. The lowest BCUT2D eigenvalue weighted by molar-refractivity contribution is -0.275. The minimum Gasteiger partial charge on any atom is -0.444 e. The van der Waals surface area contributed by atoms with Crippen LogP contribution in [0.1, 0.15) is 126 Å². The average Bonchev–Trinajstić information content (AvgIpc) is 1.46. The molecule has 6 amide bonds. The third kappa shape index (κ3) is 18.0. The number of hydrogen-bond acceptors (Lipinski definition) is 15. The van der Waals surface area contributed by atoms with Crippen LogP contribution < -0.4 is 29.9 Å². The number of likely N-dealkylation sites (tertiary alicyclic amines) is 2. The van der Waals surface area contributed by atoms with Gasteiger partial charge in [-0.05, 0) is 169 Å². The van der Waals surface area contributed by atoms with Crippen LogP contribution in [0, 0.1) is 13.8 Å². The van der Waals surface area contributed by atoms with E-state index in [1.54, 1.807) is 43.9 Å². The number of ether oxygens (including phenoxy) is 3. The van der Waals surface area contributed by atoms with Gasteiger partial charge in [0, 0.05) is 119 Å². The van der Waals surface area contributed by atoms with Gasteiger partial charge in [0.1, 0.15) is 39.8 Å². The quantitative estimate of drug-likeness (QED) is 0.112. The number of hydrogen-bond donors (Lipinski definition) is 2. The molecule has 98 heavy (non-hydrogen) atoms. The Bertz CT molecular complexity index is 4090. The van der Waals surface area contributed by atoms with Gasteiger partial charge in [0.25, 0.3) is 11.8 Å². The van der Waals surface area contributed by atoms with Gasteiger partial charge >= 0.3 is 18.8 Å². The standard InChI is InChI=1S/C35H42F3N5O7S.C32H36F3N5O6S/c1-23-21-28(43(24(2)44)27-11-16-41(17-12-27)32(46)50-33(3,4)5)10-9-25(23)13-20-51(47,48)42-18-14-34(15-19-42)31(45)39-30(40-34)26-7-6-8-29(22-26)49-35(36,37)38;1-21-19-27(40(23(3)42)26-9-14-38(15-10-26)22(2)41)8-7-24(21)11-18-47(44,45)39-16-12-31(13-17-39)30(43)36-29(37-31)25-5-4-6-28(20-25)46-32(33,34)35/h6-10,13,20-22,27H,11-12,14-19H2,1-5H3,(H,39,40,45);4-8,11,18-20,26H,9-10,12-17H2,1-3H3,(H,36,37,43)/b20-13+;18-11+. The SMILES string of the molecule is CC(=O)N(c1ccc(/C=C/S(=O)(=O)N2CCC3(CC2)N=C(c2cccc(OC(F)(F)F)c2)NC3=O)c(C)c1)C1CCN(C(=O)OC(C)(C)C)CC1.CC(=O)N1CCC(N(C(C)=O)c2ccc(/C=C/S(=O)(=O)N3CCC4(CC3)N=C(c3cccc(OC(F)(F)F)c3)NC4=O)c(C)c2)CC1. The number of carbonyl (C=O) groups is 6. The molecule has 6 aliphatic rings. The minimum atomic E-state index is -4.88. The second kappa shape index (κ2) is 29.0. The maximum Gasteiger partial charge on any atom is 0.573 e. The maximum atomic E-state index is 13.3. The third-order valence-electron chi connectivity index (χ3n) is 17.8. The number of aliphatic imine (C=N–C) groups is 2. The molecule has 6 heterocycles. The molecule has 0 atom stereocenters. The van der Waals surface area contributed by atoms with Crippen molar-refractivity contribution in [1.82, 2.24) is 29.0 Å². The van der Waals surface area contributed by atoms with Gasteiger partial charge in [-0.3, -0.25) is 34.0 Å². The largest absolute Gasteiger partial charge is 0.573 e. The second-order valence-electron chi connectivity index (χ2n) is 25.8. The average molecular weight is 1410 g/mol. The van der Waals surface area contributed by atoms with Crippen molar-refractivity contribution in [2.24, 2.45) is 9.98 Å². The minimum absolute atomic E-state index is 0.00628. The summed E-state index contributed by atoms with van der Waals surface area (Å²) in [4.78, 5) is 91.4. The first kappa shape index (κ1) is 73.6. The summed E-state index contributed by atoms with van der Waals surface area (Å²) in [7, 11) is -7.76. The lowest BCUT2D eigenvalue weighted by Gasteiger charge is -2.38. The van der Waals surface area contributed by atoms with E-state index in [0.717, 1.165) is 46.2 Å². The van der Waals surface area contributed by atoms with Crippen LogP contribution in [0.2, 0.25) is 0 Å². The number of anilines is 2. The summed E-state index contributed by atoms with van der Waals surface area (Å²) in [6.45, 7) is 15.7. The van der Waals surface area contributed by atoms with Gasteiger partial charge in [0.05, 0.1) is 0 Å². The van der Waals surface area contributed by atoms with Crippen LogP contribution in [0.4, 0.5) is 42.5 Å². The molecule has 528 valence electrons. The molecule has 0 radical (unpaired) electrons. The zero-order valence-corrected chi connectivity index (χ0v) is 57.0. The number of piperidine rings is 4. The topological polar surface area (TPSA) is 267 Å². The molecule has 0 aliphatic carbocycles. The van der Waals surface area contributed by atoms with Crippen molar-refractivity contribution in [2.45, 2.75) is 148 Å². The van der Waals surface area contributed by atoms with E-state index in [2.05, 4.69) is 30.1 Å². The van der Waals surface area contributed by atoms with Gasteiger partial charge in [0.2, 0.25) is 37.8 Å². The van der Waals surface area contributed by atoms with Gasteiger partial charge in [-0.2, -0.15) is 8.61 Å². The van der Waals surface area contributed by atoms with Crippen LogP contribution in [0.15, 0.2) is 106 Å². The first-order chi connectivity index (χ1) is 45.8. The Kier molecular flexibility index (Phi) is 21.8. The molecule has 0 saturated carbocycles. The number of nitrogens with one attached hydrogen (secondary N) is 2. The second-order valence-corrected chi connectivity index (χ2v) is 29.5. The number of carbonyl (C=O) groups excluding carboxylic acids is 6. The van der Waals surface area contributed by atoms with Crippen molar-refractivity contribution < 1.29 is 86.2 Å². The fourth-order valence-corrected chi connectivity index (χ4v) is 15.1. The number of aryl methyl sites for hydroxylation is 2. The summed E-state index contributed by atoms with van der Waals surface area (Å²) in [5.74, 6) is -1.85. The van der Waals surface area contributed by atoms with Crippen molar-refractivity contribution in [3.05, 3.63) is 129 Å². The van der Waals surface area contributed by atoms with E-state index in [1.807, 2.05) is 46.8 Å². The van der Waals surface area contributed by atoms with Gasteiger partial charge in [0.15, 0.2) is 0 Å². The third-order valence-corrected chi connectivity index (χ3v) is 20.9. The van der Waals surface area contributed by atoms with Crippen LogP contribution >= 0.6 is 0 Å². The van der Waals surface area contributed by atoms with E-state index < -0.39 is 72.8 Å². The van der Waals surface area contributed by atoms with Crippen molar-refractivity contribution >= 4 is 90.9 Å². The van der Waals surface area contributed by atoms with Crippen LogP contribution in [-0.2, 0) is 48.8 Å². The molecule has 0 bridgehead atoms. The molecule has 0 aromatic heterocycles. The molecule has 23 nitrogen and oxygen atoms in total. The number of benzene rings is 4. The monoisotopic (exact) mass is 1410 g/mol. The Morgan fingerprint density at radius 1 is 0.551 bits per heavy atom. The van der Waals surface area contributed by atoms with Crippen molar-refractivity contribution in [2.75, 3.05) is 62.2 Å². The molecule has 2 N–H and O–H groups in total. The Balaban J connectivity index is 0.000000230. The van der Waals surface area contributed by atoms with E-state index in [4.69, 9.17) is 4.74 Å². The van der Waals surface area contributed by atoms with Crippen LogP contribution in [0.5, 0.6) is 11.5 Å². The fraction of sp³-hybridized carbons (Fsp3) is 0.463. The smallest absolute Gasteiger partial charge is 0.444 e. The molecule has 4 aromatic rings. The van der Waals surface area contributed by atoms with Gasteiger partial charge in [-0.25, -0.2) is 21.6 Å². The summed E-state index contributed by atoms with van der Waals surface area (Å²) in [6.07, 6.45) is -4.32. The van der Waals surface area contributed by atoms with Gasteiger partial charge in [-0.15, -0.1) is 26.3 Å². The van der Waals surface area contributed by atoms with Crippen molar-refractivity contribution in [3.8, 4) is 11.5 Å². The van der Waals surface area contributed by atoms with E-state index in [0.29, 0.717) is 74.4 Å². The van der Waals surface area contributed by atoms with E-state index in [9.17, 15) is 71.9 Å².